The van der Waals surface area contributed by atoms with Gasteiger partial charge in [0.1, 0.15) is 0 Å². The first-order valence-electron chi connectivity index (χ1n) is 21.9. The Labute approximate surface area is 360 Å². The van der Waals surface area contributed by atoms with Crippen LogP contribution in [0.5, 0.6) is 0 Å². The van der Waals surface area contributed by atoms with Gasteiger partial charge in [-0.15, -0.1) is 0 Å². The van der Waals surface area contributed by atoms with Gasteiger partial charge in [0.05, 0.1) is 45.6 Å². The predicted octanol–water partition coefficient (Wildman–Crippen LogP) is 11.8. The molecule has 0 unspecified atom stereocenters. The SMILES string of the molecule is c1cnc2c(c1)CCc1c-2nc(-c2ccc(-c3ccc(-c4ccc(-c5nc6c(c7c5CCc5cccnc5-7)CCc5cccnc5-6)cc4)cc3)cc2)c2c1-c1ncccc1CC2. The van der Waals surface area contributed by atoms with Crippen LogP contribution in [0.1, 0.15) is 44.5 Å². The first kappa shape index (κ1) is 35.3. The normalized spacial score (nSPS) is 13.9. The highest BCUT2D eigenvalue weighted by atomic mass is 14.8. The fourth-order valence-electron chi connectivity index (χ4n) is 10.7. The quantitative estimate of drug-likeness (QED) is 0.176. The number of rotatable bonds is 4. The van der Waals surface area contributed by atoms with E-state index in [1.165, 1.54) is 77.9 Å². The van der Waals surface area contributed by atoms with Crippen molar-refractivity contribution in [2.24, 2.45) is 0 Å². The van der Waals surface area contributed by atoms with Gasteiger partial charge in [0.2, 0.25) is 0 Å². The molecule has 4 aliphatic rings. The third-order valence-corrected chi connectivity index (χ3v) is 13.7. The van der Waals surface area contributed by atoms with Crippen molar-refractivity contribution in [2.45, 2.75) is 51.4 Å². The third-order valence-electron chi connectivity index (χ3n) is 13.7. The molecule has 6 heteroatoms. The molecule has 6 aromatic heterocycles. The Morgan fingerprint density at radius 2 is 0.516 bits per heavy atom. The molecule has 9 aromatic rings. The lowest BCUT2D eigenvalue weighted by molar-refractivity contribution is 0.875. The highest BCUT2D eigenvalue weighted by Crippen LogP contribution is 2.47. The molecule has 0 saturated carbocycles. The number of aromatic nitrogens is 6. The summed E-state index contributed by atoms with van der Waals surface area (Å²) in [7, 11) is 0. The second-order valence-corrected chi connectivity index (χ2v) is 17.1. The van der Waals surface area contributed by atoms with E-state index in [0.717, 1.165) is 108 Å². The molecule has 0 aliphatic heterocycles. The van der Waals surface area contributed by atoms with Crippen LogP contribution < -0.4 is 0 Å². The van der Waals surface area contributed by atoms with Gasteiger partial charge in [-0.2, -0.15) is 0 Å². The lowest BCUT2D eigenvalue weighted by Crippen LogP contribution is -2.16. The van der Waals surface area contributed by atoms with E-state index in [2.05, 4.69) is 109 Å². The predicted molar refractivity (Wildman–Crippen MR) is 246 cm³/mol. The van der Waals surface area contributed by atoms with Crippen molar-refractivity contribution in [3.63, 3.8) is 0 Å². The van der Waals surface area contributed by atoms with Crippen molar-refractivity contribution < 1.29 is 0 Å². The minimum Gasteiger partial charge on any atom is -0.256 e. The third kappa shape index (κ3) is 5.56. The van der Waals surface area contributed by atoms with Gasteiger partial charge in [0.15, 0.2) is 0 Å². The summed E-state index contributed by atoms with van der Waals surface area (Å²) in [4.78, 5) is 30.5. The summed E-state index contributed by atoms with van der Waals surface area (Å²) in [6.45, 7) is 0. The number of hydrogen-bond donors (Lipinski definition) is 0. The lowest BCUT2D eigenvalue weighted by atomic mass is 9.79. The fourth-order valence-corrected chi connectivity index (χ4v) is 10.7. The average molecular weight is 797 g/mol. The summed E-state index contributed by atoms with van der Waals surface area (Å²) in [6, 6.07) is 43.9. The standard InChI is InChI=1S/C56H40N6/c1-5-37-21-25-43-47(51(37)57-29-1)45-27-23-39-7-3-31-59-53(39)55(45)61-49(43)41-17-13-35(14-18-41)33-9-11-34(12-10-33)36-15-19-42(20-16-36)50-44-26-22-38-6-2-30-58-52(38)48(44)46-28-24-40-8-4-32-60-54(40)56(46)62-50/h1-20,29-32H,21-28H2. The molecule has 6 nitrogen and oxygen atoms in total. The summed E-state index contributed by atoms with van der Waals surface area (Å²) in [6.07, 6.45) is 15.3. The lowest BCUT2D eigenvalue weighted by Gasteiger charge is -2.28. The van der Waals surface area contributed by atoms with Gasteiger partial charge in [-0.3, -0.25) is 19.9 Å². The summed E-state index contributed by atoms with van der Waals surface area (Å²) in [5.41, 5.74) is 28.3. The number of aryl methyl sites for hydroxylation is 4. The fraction of sp³-hybridized carbons (Fsp3) is 0.143. The summed E-state index contributed by atoms with van der Waals surface area (Å²) in [5.74, 6) is 0. The second kappa shape index (κ2) is 14.1. The van der Waals surface area contributed by atoms with E-state index < -0.39 is 0 Å². The molecular weight excluding hydrogens is 757 g/mol. The molecule has 0 N–H and O–H groups in total. The minimum atomic E-state index is 0.951. The Kier molecular flexibility index (Phi) is 8.02. The largest absolute Gasteiger partial charge is 0.256 e. The summed E-state index contributed by atoms with van der Waals surface area (Å²) < 4.78 is 0. The molecule has 0 fully saturated rings. The first-order chi connectivity index (χ1) is 30.7. The van der Waals surface area contributed by atoms with Crippen molar-refractivity contribution in [1.29, 1.82) is 0 Å². The molecule has 62 heavy (non-hydrogen) atoms. The number of nitrogens with zero attached hydrogens (tertiary/aromatic N) is 6. The molecule has 4 aliphatic carbocycles. The van der Waals surface area contributed by atoms with Gasteiger partial charge in [-0.1, -0.05) is 97.1 Å². The van der Waals surface area contributed by atoms with Crippen LogP contribution in [0.4, 0.5) is 0 Å². The monoisotopic (exact) mass is 796 g/mol. The zero-order chi connectivity index (χ0) is 40.7. The average Bonchev–Trinajstić information content (AvgIpc) is 3.35. The van der Waals surface area contributed by atoms with Crippen LogP contribution in [0.3, 0.4) is 0 Å². The summed E-state index contributed by atoms with van der Waals surface area (Å²) in [5, 5.41) is 0. The molecule has 0 atom stereocenters. The second-order valence-electron chi connectivity index (χ2n) is 17.1. The topological polar surface area (TPSA) is 77.3 Å². The van der Waals surface area contributed by atoms with E-state index in [-0.39, 0.29) is 0 Å². The van der Waals surface area contributed by atoms with Gasteiger partial charge in [-0.25, -0.2) is 9.97 Å². The number of fused-ring (bicyclic) bond motifs is 14. The molecule has 0 amide bonds. The molecule has 0 bridgehead atoms. The van der Waals surface area contributed by atoms with Crippen LogP contribution >= 0.6 is 0 Å². The van der Waals surface area contributed by atoms with Crippen LogP contribution in [0.15, 0.2) is 146 Å². The zero-order valence-corrected chi connectivity index (χ0v) is 34.2. The van der Waals surface area contributed by atoms with Crippen LogP contribution in [0.2, 0.25) is 0 Å². The summed E-state index contributed by atoms with van der Waals surface area (Å²) >= 11 is 0. The van der Waals surface area contributed by atoms with Gasteiger partial charge < -0.3 is 0 Å². The van der Waals surface area contributed by atoms with Crippen LogP contribution in [0.25, 0.3) is 90.1 Å². The van der Waals surface area contributed by atoms with E-state index in [0.29, 0.717) is 0 Å². The highest BCUT2D eigenvalue weighted by molar-refractivity contribution is 5.89. The zero-order valence-electron chi connectivity index (χ0n) is 34.2. The van der Waals surface area contributed by atoms with Crippen molar-refractivity contribution in [3.8, 4) is 90.1 Å². The number of pyridine rings is 6. The van der Waals surface area contributed by atoms with E-state index in [4.69, 9.17) is 29.9 Å². The molecule has 0 saturated heterocycles. The molecular formula is C56H40N6. The molecule has 3 aromatic carbocycles. The molecule has 6 heterocycles. The minimum absolute atomic E-state index is 0.951. The maximum atomic E-state index is 5.44. The Morgan fingerprint density at radius 3 is 0.855 bits per heavy atom. The van der Waals surface area contributed by atoms with E-state index in [9.17, 15) is 0 Å². The maximum Gasteiger partial charge on any atom is 0.0935 e. The van der Waals surface area contributed by atoms with Gasteiger partial charge in [0.25, 0.3) is 0 Å². The first-order valence-corrected chi connectivity index (χ1v) is 21.9. The van der Waals surface area contributed by atoms with Crippen molar-refractivity contribution in [1.82, 2.24) is 29.9 Å². The van der Waals surface area contributed by atoms with Crippen LogP contribution in [0, 0.1) is 0 Å². The van der Waals surface area contributed by atoms with Crippen molar-refractivity contribution in [2.75, 3.05) is 0 Å². The maximum absolute atomic E-state index is 5.44. The Morgan fingerprint density at radius 1 is 0.242 bits per heavy atom. The van der Waals surface area contributed by atoms with Gasteiger partial charge >= 0.3 is 0 Å². The Bertz CT molecular complexity index is 3060. The van der Waals surface area contributed by atoms with E-state index in [1.807, 2.05) is 36.9 Å². The Hall–Kier alpha value is -7.44. The smallest absolute Gasteiger partial charge is 0.0935 e. The van der Waals surface area contributed by atoms with Gasteiger partial charge in [0, 0.05) is 47.0 Å². The molecule has 0 radical (unpaired) electrons. The number of benzene rings is 3. The van der Waals surface area contributed by atoms with Gasteiger partial charge in [-0.05, 0) is 142 Å². The van der Waals surface area contributed by atoms with E-state index in [1.54, 1.807) is 0 Å². The van der Waals surface area contributed by atoms with Crippen LogP contribution in [-0.2, 0) is 51.4 Å². The highest BCUT2D eigenvalue weighted by Gasteiger charge is 2.32. The van der Waals surface area contributed by atoms with Crippen molar-refractivity contribution in [3.05, 3.63) is 191 Å². The van der Waals surface area contributed by atoms with Crippen molar-refractivity contribution >= 4 is 0 Å². The van der Waals surface area contributed by atoms with E-state index >= 15 is 0 Å². The number of hydrogen-bond acceptors (Lipinski definition) is 6. The van der Waals surface area contributed by atoms with Crippen LogP contribution in [-0.4, -0.2) is 29.9 Å². The molecule has 13 rings (SSSR count). The molecule has 0 spiro atoms. The molecule has 294 valence electrons. The Balaban J connectivity index is 0.821.